The lowest BCUT2D eigenvalue weighted by Gasteiger charge is -2.12. The molecule has 100 valence electrons. The first-order valence-electron chi connectivity index (χ1n) is 6.79. The second-order valence-electron chi connectivity index (χ2n) is 5.26. The smallest absolute Gasteiger partial charge is 0.0712 e. The van der Waals surface area contributed by atoms with Crippen LogP contribution >= 0.6 is 0 Å². The molecule has 0 fully saturated rings. The predicted octanol–water partition coefficient (Wildman–Crippen LogP) is 4.40. The zero-order valence-corrected chi connectivity index (χ0v) is 12.1. The average molecular weight is 262 g/mol. The van der Waals surface area contributed by atoms with Crippen LogP contribution in [0.1, 0.15) is 18.1 Å². The molecule has 2 aromatic carbocycles. The molecule has 1 aliphatic heterocycles. The topological polar surface area (TPSA) is 15.6 Å². The molecule has 0 saturated heterocycles. The van der Waals surface area contributed by atoms with Gasteiger partial charge in [-0.1, -0.05) is 30.3 Å². The fraction of sp³-hybridized carbons (Fsp3) is 0.167. The Morgan fingerprint density at radius 3 is 2.35 bits per heavy atom. The highest BCUT2D eigenvalue weighted by atomic mass is 15.1. The summed E-state index contributed by atoms with van der Waals surface area (Å²) >= 11 is 0. The average Bonchev–Trinajstić information content (AvgIpc) is 2.76. The number of hydrogen-bond acceptors (Lipinski definition) is 2. The number of fused-ring (bicyclic) bond motifs is 1. The minimum atomic E-state index is 1.07. The molecule has 0 spiro atoms. The van der Waals surface area contributed by atoms with Crippen molar-refractivity contribution in [3.63, 3.8) is 0 Å². The Bertz CT molecular complexity index is 692. The second-order valence-corrected chi connectivity index (χ2v) is 5.26. The number of benzene rings is 2. The minimum Gasteiger partial charge on any atom is -0.378 e. The molecule has 0 atom stereocenters. The van der Waals surface area contributed by atoms with Gasteiger partial charge >= 0.3 is 0 Å². The molecule has 0 amide bonds. The van der Waals surface area contributed by atoms with Gasteiger partial charge in [-0.2, -0.15) is 0 Å². The Balaban J connectivity index is 1.99. The highest BCUT2D eigenvalue weighted by Crippen LogP contribution is 2.35. The normalized spacial score (nSPS) is 15.2. The van der Waals surface area contributed by atoms with E-state index in [1.807, 2.05) is 6.07 Å². The maximum atomic E-state index is 4.62. The molecule has 1 aliphatic rings. The van der Waals surface area contributed by atoms with Crippen LogP contribution in [0.2, 0.25) is 0 Å². The summed E-state index contributed by atoms with van der Waals surface area (Å²) in [6.45, 7) is 2.07. The number of aliphatic imine (C=N–C) groups is 1. The minimum absolute atomic E-state index is 1.07. The van der Waals surface area contributed by atoms with Gasteiger partial charge in [-0.3, -0.25) is 4.99 Å². The molecule has 0 N–H and O–H groups in total. The third-order valence-corrected chi connectivity index (χ3v) is 3.59. The van der Waals surface area contributed by atoms with Crippen LogP contribution in [0.3, 0.4) is 0 Å². The van der Waals surface area contributed by atoms with E-state index in [0.29, 0.717) is 0 Å². The van der Waals surface area contributed by atoms with Crippen LogP contribution in [0.4, 0.5) is 11.4 Å². The van der Waals surface area contributed by atoms with Gasteiger partial charge in [0.15, 0.2) is 0 Å². The van der Waals surface area contributed by atoms with Crippen LogP contribution in [-0.2, 0) is 0 Å². The van der Waals surface area contributed by atoms with Crippen molar-refractivity contribution in [1.82, 2.24) is 0 Å². The predicted molar refractivity (Wildman–Crippen MR) is 87.9 cm³/mol. The monoisotopic (exact) mass is 262 g/mol. The molecule has 2 aromatic rings. The zero-order valence-electron chi connectivity index (χ0n) is 12.1. The molecule has 0 bridgehead atoms. The van der Waals surface area contributed by atoms with Crippen molar-refractivity contribution in [1.29, 1.82) is 0 Å². The lowest BCUT2D eigenvalue weighted by molar-refractivity contribution is 1.13. The first-order chi connectivity index (χ1) is 9.65. The number of rotatable bonds is 2. The van der Waals surface area contributed by atoms with Crippen molar-refractivity contribution in [3.8, 4) is 0 Å². The molecule has 3 rings (SSSR count). The summed E-state index contributed by atoms with van der Waals surface area (Å²) < 4.78 is 0. The summed E-state index contributed by atoms with van der Waals surface area (Å²) in [6, 6.07) is 16.9. The summed E-state index contributed by atoms with van der Waals surface area (Å²) in [5, 5.41) is 0. The number of hydrogen-bond donors (Lipinski definition) is 0. The fourth-order valence-electron chi connectivity index (χ4n) is 2.45. The van der Waals surface area contributed by atoms with Crippen molar-refractivity contribution >= 4 is 28.7 Å². The number of anilines is 1. The van der Waals surface area contributed by atoms with Crippen molar-refractivity contribution in [2.45, 2.75) is 6.92 Å². The molecule has 0 radical (unpaired) electrons. The molecular weight excluding hydrogens is 244 g/mol. The van der Waals surface area contributed by atoms with Gasteiger partial charge in [0.05, 0.1) is 5.69 Å². The number of para-hydroxylation sites is 1. The Kier molecular flexibility index (Phi) is 3.15. The molecule has 1 heterocycles. The summed E-state index contributed by atoms with van der Waals surface area (Å²) in [5.41, 5.74) is 7.02. The van der Waals surface area contributed by atoms with Crippen LogP contribution in [-0.4, -0.2) is 19.8 Å². The van der Waals surface area contributed by atoms with Gasteiger partial charge in [-0.15, -0.1) is 0 Å². The van der Waals surface area contributed by atoms with Gasteiger partial charge < -0.3 is 4.90 Å². The van der Waals surface area contributed by atoms with Crippen LogP contribution in [0, 0.1) is 0 Å². The van der Waals surface area contributed by atoms with Gasteiger partial charge in [0.1, 0.15) is 0 Å². The Morgan fingerprint density at radius 2 is 1.65 bits per heavy atom. The van der Waals surface area contributed by atoms with E-state index in [4.69, 9.17) is 0 Å². The third-order valence-electron chi connectivity index (χ3n) is 3.59. The highest BCUT2D eigenvalue weighted by molar-refractivity contribution is 6.31. The molecule has 0 unspecified atom stereocenters. The van der Waals surface area contributed by atoms with E-state index in [1.54, 1.807) is 0 Å². The molecule has 20 heavy (non-hydrogen) atoms. The Labute approximate surface area is 120 Å². The lowest BCUT2D eigenvalue weighted by Crippen LogP contribution is -2.07. The molecule has 2 heteroatoms. The fourth-order valence-corrected chi connectivity index (χ4v) is 2.45. The Morgan fingerprint density at radius 1 is 0.950 bits per heavy atom. The maximum Gasteiger partial charge on any atom is 0.0712 e. The van der Waals surface area contributed by atoms with E-state index in [0.717, 1.165) is 11.4 Å². The van der Waals surface area contributed by atoms with Gasteiger partial charge in [-0.25, -0.2) is 0 Å². The quantitative estimate of drug-likeness (QED) is 0.783. The number of allylic oxidation sites excluding steroid dienone is 1. The molecular formula is C18H18N2. The van der Waals surface area contributed by atoms with E-state index in [-0.39, 0.29) is 0 Å². The first kappa shape index (κ1) is 12.7. The van der Waals surface area contributed by atoms with Gasteiger partial charge in [0.25, 0.3) is 0 Å². The SMILES string of the molecule is CC1=Nc2ccccc2/C1=C/c1ccc(N(C)C)cc1. The van der Waals surface area contributed by atoms with Crippen molar-refractivity contribution in [3.05, 3.63) is 59.7 Å². The standard InChI is InChI=1S/C18H18N2/c1-13-17(16-6-4-5-7-18(16)19-13)12-14-8-10-15(11-9-14)20(2)3/h4-12H,1-3H3/b17-12+. The van der Waals surface area contributed by atoms with Crippen LogP contribution in [0.25, 0.3) is 11.6 Å². The van der Waals surface area contributed by atoms with Crippen molar-refractivity contribution in [2.24, 2.45) is 4.99 Å². The van der Waals surface area contributed by atoms with E-state index in [9.17, 15) is 0 Å². The summed E-state index contributed by atoms with van der Waals surface area (Å²) in [5.74, 6) is 0. The van der Waals surface area contributed by atoms with Gasteiger partial charge in [0.2, 0.25) is 0 Å². The molecule has 0 aromatic heterocycles. The molecule has 0 saturated carbocycles. The van der Waals surface area contributed by atoms with E-state index in [1.165, 1.54) is 22.4 Å². The van der Waals surface area contributed by atoms with E-state index in [2.05, 4.69) is 79.5 Å². The number of nitrogens with zero attached hydrogens (tertiary/aromatic N) is 2. The van der Waals surface area contributed by atoms with Crippen LogP contribution < -0.4 is 4.90 Å². The summed E-state index contributed by atoms with van der Waals surface area (Å²) in [7, 11) is 4.11. The van der Waals surface area contributed by atoms with Crippen LogP contribution in [0.15, 0.2) is 53.5 Å². The lowest BCUT2D eigenvalue weighted by atomic mass is 10.0. The Hall–Kier alpha value is -2.35. The van der Waals surface area contributed by atoms with Gasteiger partial charge in [-0.05, 0) is 36.8 Å². The van der Waals surface area contributed by atoms with Crippen LogP contribution in [0.5, 0.6) is 0 Å². The maximum absolute atomic E-state index is 4.62. The zero-order chi connectivity index (χ0) is 14.1. The van der Waals surface area contributed by atoms with Gasteiger partial charge in [0, 0.05) is 36.6 Å². The highest BCUT2D eigenvalue weighted by Gasteiger charge is 2.16. The summed E-state index contributed by atoms with van der Waals surface area (Å²) in [6.07, 6.45) is 2.21. The second kappa shape index (κ2) is 4.97. The van der Waals surface area contributed by atoms with E-state index >= 15 is 0 Å². The van der Waals surface area contributed by atoms with Crippen molar-refractivity contribution in [2.75, 3.05) is 19.0 Å². The largest absolute Gasteiger partial charge is 0.378 e. The molecule has 2 nitrogen and oxygen atoms in total. The first-order valence-corrected chi connectivity index (χ1v) is 6.79. The third kappa shape index (κ3) is 2.25. The van der Waals surface area contributed by atoms with E-state index < -0.39 is 0 Å². The summed E-state index contributed by atoms with van der Waals surface area (Å²) in [4.78, 5) is 6.72. The van der Waals surface area contributed by atoms with Crippen molar-refractivity contribution < 1.29 is 0 Å². The molecule has 0 aliphatic carbocycles.